The lowest BCUT2D eigenvalue weighted by Gasteiger charge is -2.03. The predicted molar refractivity (Wildman–Crippen MR) is 62.4 cm³/mol. The molecule has 0 aliphatic carbocycles. The van der Waals surface area contributed by atoms with E-state index in [2.05, 4.69) is 46.5 Å². The number of aromatic amines is 1. The normalized spacial score (nSPS) is 10.3. The minimum atomic E-state index is 0.789. The lowest BCUT2D eigenvalue weighted by Crippen LogP contribution is -1.92. The van der Waals surface area contributed by atoms with Gasteiger partial charge in [-0.2, -0.15) is 0 Å². The van der Waals surface area contributed by atoms with Crippen molar-refractivity contribution in [1.82, 2.24) is 9.97 Å². The van der Waals surface area contributed by atoms with Gasteiger partial charge in [0.1, 0.15) is 0 Å². The Kier molecular flexibility index (Phi) is 2.72. The van der Waals surface area contributed by atoms with E-state index in [0.717, 1.165) is 23.8 Å². The van der Waals surface area contributed by atoms with Crippen molar-refractivity contribution in [2.45, 2.75) is 20.3 Å². The quantitative estimate of drug-likeness (QED) is 0.801. The van der Waals surface area contributed by atoms with Crippen LogP contribution in [-0.4, -0.2) is 9.97 Å². The summed E-state index contributed by atoms with van der Waals surface area (Å²) < 4.78 is 0. The van der Waals surface area contributed by atoms with E-state index in [0.29, 0.717) is 0 Å². The summed E-state index contributed by atoms with van der Waals surface area (Å²) in [6.45, 7) is 4.14. The van der Waals surface area contributed by atoms with Gasteiger partial charge in [0.15, 0.2) is 0 Å². The second-order valence-electron chi connectivity index (χ2n) is 3.59. The van der Waals surface area contributed by atoms with Gasteiger partial charge in [-0.05, 0) is 31.0 Å². The van der Waals surface area contributed by atoms with Gasteiger partial charge in [0.05, 0.1) is 0 Å². The highest BCUT2D eigenvalue weighted by Crippen LogP contribution is 2.14. The highest BCUT2D eigenvalue weighted by Gasteiger charge is 1.97. The topological polar surface area (TPSA) is 40.7 Å². The summed E-state index contributed by atoms with van der Waals surface area (Å²) >= 11 is 0. The molecule has 2 N–H and O–H groups in total. The largest absolute Gasteiger partial charge is 0.328 e. The molecule has 1 heterocycles. The fourth-order valence-electron chi connectivity index (χ4n) is 1.44. The highest BCUT2D eigenvalue weighted by atomic mass is 15.1. The first-order valence-electron chi connectivity index (χ1n) is 5.15. The van der Waals surface area contributed by atoms with E-state index in [1.165, 1.54) is 5.56 Å². The van der Waals surface area contributed by atoms with Gasteiger partial charge in [0, 0.05) is 17.6 Å². The highest BCUT2D eigenvalue weighted by molar-refractivity contribution is 5.53. The van der Waals surface area contributed by atoms with Gasteiger partial charge in [-0.1, -0.05) is 19.1 Å². The maximum absolute atomic E-state index is 4.19. The van der Waals surface area contributed by atoms with E-state index < -0.39 is 0 Å². The Balaban J connectivity index is 2.11. The SMILES string of the molecule is CCc1ccc(Nc2ncc(C)[nH]2)cc1. The minimum Gasteiger partial charge on any atom is -0.328 e. The van der Waals surface area contributed by atoms with Crippen molar-refractivity contribution < 1.29 is 0 Å². The van der Waals surface area contributed by atoms with Crippen LogP contribution in [0.2, 0.25) is 0 Å². The van der Waals surface area contributed by atoms with Gasteiger partial charge < -0.3 is 10.3 Å². The molecule has 0 radical (unpaired) electrons. The van der Waals surface area contributed by atoms with Crippen LogP contribution >= 0.6 is 0 Å². The van der Waals surface area contributed by atoms with Crippen molar-refractivity contribution in [3.05, 3.63) is 41.7 Å². The number of hydrogen-bond donors (Lipinski definition) is 2. The fourth-order valence-corrected chi connectivity index (χ4v) is 1.44. The molecule has 3 nitrogen and oxygen atoms in total. The molecular weight excluding hydrogens is 186 g/mol. The van der Waals surface area contributed by atoms with Crippen molar-refractivity contribution in [2.75, 3.05) is 5.32 Å². The molecule has 2 aromatic rings. The Morgan fingerprint density at radius 1 is 1.27 bits per heavy atom. The van der Waals surface area contributed by atoms with Crippen LogP contribution in [0.1, 0.15) is 18.2 Å². The number of hydrogen-bond acceptors (Lipinski definition) is 2. The molecule has 0 atom stereocenters. The zero-order valence-corrected chi connectivity index (χ0v) is 9.04. The average Bonchev–Trinajstić information content (AvgIpc) is 2.65. The molecule has 0 aliphatic rings. The number of aromatic nitrogens is 2. The van der Waals surface area contributed by atoms with Crippen molar-refractivity contribution in [3.8, 4) is 0 Å². The Morgan fingerprint density at radius 2 is 2.00 bits per heavy atom. The summed E-state index contributed by atoms with van der Waals surface area (Å²) in [5, 5.41) is 3.21. The predicted octanol–water partition coefficient (Wildman–Crippen LogP) is 3.02. The lowest BCUT2D eigenvalue weighted by atomic mass is 10.1. The number of benzene rings is 1. The summed E-state index contributed by atoms with van der Waals surface area (Å²) in [4.78, 5) is 7.32. The van der Waals surface area contributed by atoms with E-state index in [4.69, 9.17) is 0 Å². The standard InChI is InChI=1S/C12H15N3/c1-3-10-4-6-11(7-5-10)15-12-13-8-9(2)14-12/h4-8H,3H2,1-2H3,(H2,13,14,15). The van der Waals surface area contributed by atoms with Gasteiger partial charge in [-0.15, -0.1) is 0 Å². The maximum Gasteiger partial charge on any atom is 0.204 e. The maximum atomic E-state index is 4.19. The summed E-state index contributed by atoms with van der Waals surface area (Å²) in [6, 6.07) is 8.38. The van der Waals surface area contributed by atoms with Gasteiger partial charge in [0.2, 0.25) is 5.95 Å². The van der Waals surface area contributed by atoms with Crippen molar-refractivity contribution in [3.63, 3.8) is 0 Å². The van der Waals surface area contributed by atoms with E-state index in [1.807, 2.05) is 13.1 Å². The van der Waals surface area contributed by atoms with Crippen LogP contribution in [0.3, 0.4) is 0 Å². The van der Waals surface area contributed by atoms with Crippen molar-refractivity contribution in [2.24, 2.45) is 0 Å². The van der Waals surface area contributed by atoms with Crippen LogP contribution in [0.5, 0.6) is 0 Å². The third-order valence-corrected chi connectivity index (χ3v) is 2.33. The third-order valence-electron chi connectivity index (χ3n) is 2.33. The summed E-state index contributed by atoms with van der Waals surface area (Å²) in [6.07, 6.45) is 2.88. The average molecular weight is 201 g/mol. The van der Waals surface area contributed by atoms with Crippen LogP contribution < -0.4 is 5.32 Å². The van der Waals surface area contributed by atoms with E-state index in [9.17, 15) is 0 Å². The van der Waals surface area contributed by atoms with Gasteiger partial charge in [-0.25, -0.2) is 4.98 Å². The van der Waals surface area contributed by atoms with Crippen LogP contribution in [0.15, 0.2) is 30.5 Å². The molecule has 0 fully saturated rings. The first-order chi connectivity index (χ1) is 7.28. The molecule has 3 heteroatoms. The molecule has 0 spiro atoms. The molecule has 78 valence electrons. The number of anilines is 2. The second kappa shape index (κ2) is 4.17. The number of rotatable bonds is 3. The van der Waals surface area contributed by atoms with E-state index >= 15 is 0 Å². The molecule has 0 unspecified atom stereocenters. The van der Waals surface area contributed by atoms with Crippen LogP contribution in [0.25, 0.3) is 0 Å². The first-order valence-corrected chi connectivity index (χ1v) is 5.15. The summed E-state index contributed by atoms with van der Waals surface area (Å²) in [5.41, 5.74) is 3.46. The third kappa shape index (κ3) is 2.37. The van der Waals surface area contributed by atoms with Crippen molar-refractivity contribution >= 4 is 11.6 Å². The molecule has 1 aromatic heterocycles. The van der Waals surface area contributed by atoms with E-state index in [-0.39, 0.29) is 0 Å². The first kappa shape index (κ1) is 9.77. The number of aryl methyl sites for hydroxylation is 2. The van der Waals surface area contributed by atoms with Crippen LogP contribution in [0, 0.1) is 6.92 Å². The molecule has 0 aliphatic heterocycles. The molecule has 0 amide bonds. The second-order valence-corrected chi connectivity index (χ2v) is 3.59. The Hall–Kier alpha value is -1.77. The van der Waals surface area contributed by atoms with Gasteiger partial charge >= 0.3 is 0 Å². The molecule has 2 rings (SSSR count). The Labute approximate surface area is 89.6 Å². The zero-order chi connectivity index (χ0) is 10.7. The van der Waals surface area contributed by atoms with Gasteiger partial charge in [-0.3, -0.25) is 0 Å². The monoisotopic (exact) mass is 201 g/mol. The minimum absolute atomic E-state index is 0.789. The van der Waals surface area contributed by atoms with Crippen LogP contribution in [-0.2, 0) is 6.42 Å². The fraction of sp³-hybridized carbons (Fsp3) is 0.250. The zero-order valence-electron chi connectivity index (χ0n) is 9.04. The molecule has 0 saturated carbocycles. The number of nitrogens with one attached hydrogen (secondary N) is 2. The van der Waals surface area contributed by atoms with Gasteiger partial charge in [0.25, 0.3) is 0 Å². The molecule has 0 bridgehead atoms. The molecule has 1 aromatic carbocycles. The number of imidazole rings is 1. The Bertz CT molecular complexity index is 428. The summed E-state index contributed by atoms with van der Waals surface area (Å²) in [7, 11) is 0. The molecule has 0 saturated heterocycles. The number of H-pyrrole nitrogens is 1. The lowest BCUT2D eigenvalue weighted by molar-refractivity contribution is 1.14. The number of nitrogens with zero attached hydrogens (tertiary/aromatic N) is 1. The Morgan fingerprint density at radius 3 is 2.53 bits per heavy atom. The van der Waals surface area contributed by atoms with E-state index in [1.54, 1.807) is 0 Å². The molecule has 15 heavy (non-hydrogen) atoms. The summed E-state index contributed by atoms with van der Waals surface area (Å²) in [5.74, 6) is 0.789. The molecular formula is C12H15N3. The van der Waals surface area contributed by atoms with Crippen molar-refractivity contribution in [1.29, 1.82) is 0 Å². The van der Waals surface area contributed by atoms with Crippen LogP contribution in [0.4, 0.5) is 11.6 Å². The smallest absolute Gasteiger partial charge is 0.204 e.